The minimum absolute atomic E-state index is 0.141. The Labute approximate surface area is 193 Å². The summed E-state index contributed by atoms with van der Waals surface area (Å²) in [5.74, 6) is -3.01. The van der Waals surface area contributed by atoms with Crippen LogP contribution in [0.5, 0.6) is 0 Å². The molecular weight excluding hydrogens is 423 g/mol. The van der Waals surface area contributed by atoms with Crippen LogP contribution in [0.2, 0.25) is 0 Å². The predicted molar refractivity (Wildman–Crippen MR) is 121 cm³/mol. The van der Waals surface area contributed by atoms with Gasteiger partial charge >= 0.3 is 6.18 Å². The van der Waals surface area contributed by atoms with Crippen LogP contribution in [0.1, 0.15) is 97.8 Å². The van der Waals surface area contributed by atoms with Gasteiger partial charge in [0.15, 0.2) is 0 Å². The molecule has 0 aliphatic rings. The van der Waals surface area contributed by atoms with Gasteiger partial charge in [0.2, 0.25) is 0 Å². The Bertz CT molecular complexity index is 413. The van der Waals surface area contributed by atoms with Gasteiger partial charge in [-0.3, -0.25) is 0 Å². The van der Waals surface area contributed by atoms with Gasteiger partial charge in [-0.05, 0) is 25.7 Å². The Kier molecular flexibility index (Phi) is 22.9. The Balaban J connectivity index is 0. The van der Waals surface area contributed by atoms with Crippen molar-refractivity contribution in [3.8, 4) is 0 Å². The predicted octanol–water partition coefficient (Wildman–Crippen LogP) is 4.85. The Morgan fingerprint density at radius 2 is 1.16 bits per heavy atom. The zero-order chi connectivity index (χ0) is 24.7. The molecule has 0 spiro atoms. The molecule has 0 aliphatic heterocycles. The van der Waals surface area contributed by atoms with Crippen LogP contribution in [0.4, 0.5) is 13.2 Å². The number of quaternary nitrogens is 1. The first-order valence-electron chi connectivity index (χ1n) is 12.5. The number of alkyl halides is 3. The van der Waals surface area contributed by atoms with Gasteiger partial charge in [-0.25, -0.2) is 0 Å². The third-order valence-electron chi connectivity index (χ3n) is 5.64. The first-order chi connectivity index (χ1) is 15.2. The second-order valence-corrected chi connectivity index (χ2v) is 8.54. The van der Waals surface area contributed by atoms with E-state index in [1.165, 1.54) is 101 Å². The molecule has 0 bridgehead atoms. The minimum Gasteiger partial charge on any atom is -0.542 e. The molecule has 0 aromatic heterocycles. The summed E-state index contributed by atoms with van der Waals surface area (Å²) in [6.45, 7) is 13.3. The van der Waals surface area contributed by atoms with Crippen molar-refractivity contribution in [2.75, 3.05) is 46.0 Å². The van der Waals surface area contributed by atoms with Gasteiger partial charge in [0.1, 0.15) is 12.5 Å². The number of carbonyl (C=O) groups excluding carboxylic acids is 1. The van der Waals surface area contributed by atoms with Crippen molar-refractivity contribution in [2.45, 2.75) is 104 Å². The number of unbranched alkanes of at least 4 members (excludes halogenated alkanes) is 9. The molecule has 0 saturated heterocycles. The van der Waals surface area contributed by atoms with E-state index in [1.807, 2.05) is 0 Å². The van der Waals surface area contributed by atoms with E-state index < -0.39 is 12.1 Å². The average molecular weight is 472 g/mol. The van der Waals surface area contributed by atoms with Crippen LogP contribution in [0.15, 0.2) is 0 Å². The van der Waals surface area contributed by atoms with E-state index in [0.29, 0.717) is 6.61 Å². The van der Waals surface area contributed by atoms with Crippen LogP contribution >= 0.6 is 0 Å². The first kappa shape index (κ1) is 33.3. The number of aliphatic hydroxyl groups is 1. The summed E-state index contributed by atoms with van der Waals surface area (Å²) in [5, 5.41) is 17.7. The van der Waals surface area contributed by atoms with E-state index in [-0.39, 0.29) is 6.61 Å². The number of ether oxygens (including phenoxy) is 1. The topological polar surface area (TPSA) is 69.6 Å². The largest absolute Gasteiger partial charge is 0.542 e. The second-order valence-electron chi connectivity index (χ2n) is 8.54. The molecule has 0 fully saturated rings. The number of carboxylic acid groups (broad SMARTS) is 1. The number of carbonyl (C=O) groups is 1. The standard InChI is InChI=1S/C22H48NO2.C2HF3O2/c1-4-7-10-11-12-13-14-15-18-23(16-8-5-2,17-9-6-3)19-21-25-22-20-24;3-2(4,5)1(6)7/h24H,4-22H2,1-3H3;(H,6,7)/q+1;/p-1. The molecule has 0 radical (unpaired) electrons. The van der Waals surface area contributed by atoms with Gasteiger partial charge in [-0.1, -0.05) is 72.1 Å². The van der Waals surface area contributed by atoms with Gasteiger partial charge < -0.3 is 24.2 Å². The molecule has 32 heavy (non-hydrogen) atoms. The van der Waals surface area contributed by atoms with Gasteiger partial charge in [0, 0.05) is 0 Å². The fraction of sp³-hybridized carbons (Fsp3) is 0.958. The van der Waals surface area contributed by atoms with Crippen LogP contribution in [-0.2, 0) is 9.53 Å². The lowest BCUT2D eigenvalue weighted by atomic mass is 10.1. The van der Waals surface area contributed by atoms with Crippen LogP contribution < -0.4 is 5.11 Å². The Morgan fingerprint density at radius 1 is 0.750 bits per heavy atom. The number of hydrogen-bond acceptors (Lipinski definition) is 4. The first-order valence-corrected chi connectivity index (χ1v) is 12.5. The molecular formula is C24H48F3NO4. The van der Waals surface area contributed by atoms with Crippen LogP contribution in [-0.4, -0.2) is 67.7 Å². The third-order valence-corrected chi connectivity index (χ3v) is 5.64. The second kappa shape index (κ2) is 22.0. The van der Waals surface area contributed by atoms with Crippen molar-refractivity contribution in [1.82, 2.24) is 0 Å². The van der Waals surface area contributed by atoms with Crippen LogP contribution in [0.3, 0.4) is 0 Å². The highest BCUT2D eigenvalue weighted by Gasteiger charge is 2.29. The maximum atomic E-state index is 10.5. The van der Waals surface area contributed by atoms with Crippen LogP contribution in [0, 0.1) is 0 Å². The molecule has 0 aromatic carbocycles. The molecule has 194 valence electrons. The summed E-state index contributed by atoms with van der Waals surface area (Å²) < 4.78 is 38.4. The molecule has 0 unspecified atom stereocenters. The zero-order valence-corrected chi connectivity index (χ0v) is 20.7. The molecule has 0 heterocycles. The van der Waals surface area contributed by atoms with Gasteiger partial charge in [0.05, 0.1) is 39.5 Å². The molecule has 0 aliphatic carbocycles. The van der Waals surface area contributed by atoms with Gasteiger partial charge in [-0.2, -0.15) is 13.2 Å². The van der Waals surface area contributed by atoms with E-state index in [2.05, 4.69) is 20.8 Å². The number of carboxylic acids is 1. The number of rotatable bonds is 20. The Hall–Kier alpha value is -0.860. The smallest absolute Gasteiger partial charge is 0.430 e. The fourth-order valence-electron chi connectivity index (χ4n) is 3.66. The van der Waals surface area contributed by atoms with Crippen molar-refractivity contribution in [3.05, 3.63) is 0 Å². The monoisotopic (exact) mass is 471 g/mol. The van der Waals surface area contributed by atoms with E-state index in [9.17, 15) is 13.2 Å². The lowest BCUT2D eigenvalue weighted by Gasteiger charge is -2.39. The van der Waals surface area contributed by atoms with Gasteiger partial charge in [0.25, 0.3) is 0 Å². The van der Waals surface area contributed by atoms with Crippen molar-refractivity contribution in [2.24, 2.45) is 0 Å². The highest BCUT2D eigenvalue weighted by atomic mass is 19.4. The molecule has 1 N–H and O–H groups in total. The minimum atomic E-state index is -5.19. The summed E-state index contributed by atoms with van der Waals surface area (Å²) >= 11 is 0. The highest BCUT2D eigenvalue weighted by Crippen LogP contribution is 2.17. The SMILES string of the molecule is CCCCCCCCCC[N+](CCCC)(CCCC)CCOCCO.O=C([O-])C(F)(F)F. The normalized spacial score (nSPS) is 11.8. The van der Waals surface area contributed by atoms with Crippen LogP contribution in [0.25, 0.3) is 0 Å². The quantitative estimate of drug-likeness (QED) is 0.204. The zero-order valence-electron chi connectivity index (χ0n) is 20.7. The van der Waals surface area contributed by atoms with E-state index in [1.54, 1.807) is 0 Å². The van der Waals surface area contributed by atoms with Crippen molar-refractivity contribution in [3.63, 3.8) is 0 Å². The number of nitrogens with zero attached hydrogens (tertiary/aromatic N) is 1. The third kappa shape index (κ3) is 21.0. The maximum Gasteiger partial charge on any atom is 0.430 e. The van der Waals surface area contributed by atoms with E-state index >= 15 is 0 Å². The summed E-state index contributed by atoms with van der Waals surface area (Å²) in [5.41, 5.74) is 0. The van der Waals surface area contributed by atoms with E-state index in [4.69, 9.17) is 19.7 Å². The van der Waals surface area contributed by atoms with Crippen molar-refractivity contribution in [1.29, 1.82) is 0 Å². The summed E-state index contributed by atoms with van der Waals surface area (Å²) in [4.78, 5) is 8.78. The van der Waals surface area contributed by atoms with Crippen molar-refractivity contribution < 1.29 is 37.4 Å². The number of halogens is 3. The summed E-state index contributed by atoms with van der Waals surface area (Å²) in [6.07, 6.45) is 11.2. The number of aliphatic hydroxyl groups excluding tert-OH is 1. The molecule has 5 nitrogen and oxygen atoms in total. The molecule has 0 rings (SSSR count). The van der Waals surface area contributed by atoms with Gasteiger partial charge in [-0.15, -0.1) is 0 Å². The average Bonchev–Trinajstić information content (AvgIpc) is 2.75. The summed E-state index contributed by atoms with van der Waals surface area (Å²) in [6, 6.07) is 0. The van der Waals surface area contributed by atoms with Crippen molar-refractivity contribution >= 4 is 5.97 Å². The molecule has 8 heteroatoms. The molecule has 0 saturated carbocycles. The maximum absolute atomic E-state index is 10.5. The fourth-order valence-corrected chi connectivity index (χ4v) is 3.66. The molecule has 0 aromatic rings. The number of hydrogen-bond donors (Lipinski definition) is 1. The highest BCUT2D eigenvalue weighted by molar-refractivity contribution is 5.70. The lowest BCUT2D eigenvalue weighted by molar-refractivity contribution is -0.929. The Morgan fingerprint density at radius 3 is 1.56 bits per heavy atom. The van der Waals surface area contributed by atoms with E-state index in [0.717, 1.165) is 13.2 Å². The molecule has 0 atom stereocenters. The lowest BCUT2D eigenvalue weighted by Crippen LogP contribution is -2.52. The summed E-state index contributed by atoms with van der Waals surface area (Å²) in [7, 11) is 0. The number of aliphatic carboxylic acids is 1. The molecule has 0 amide bonds.